The first-order valence-corrected chi connectivity index (χ1v) is 6.55. The van der Waals surface area contributed by atoms with Crippen LogP contribution >= 0.6 is 0 Å². The summed E-state index contributed by atoms with van der Waals surface area (Å²) in [5.74, 6) is -1.36. The maximum atomic E-state index is 12.7. The minimum atomic E-state index is -1.03. The lowest BCUT2D eigenvalue weighted by Crippen LogP contribution is -2.49. The van der Waals surface area contributed by atoms with Gasteiger partial charge in [0.1, 0.15) is 6.04 Å². The monoisotopic (exact) mass is 289 g/mol. The molecule has 1 unspecified atom stereocenters. The van der Waals surface area contributed by atoms with Crippen molar-refractivity contribution in [1.29, 1.82) is 0 Å². The van der Waals surface area contributed by atoms with Gasteiger partial charge in [-0.15, -0.1) is 0 Å². The van der Waals surface area contributed by atoms with Crippen LogP contribution in [-0.2, 0) is 17.8 Å². The molecule has 1 amide bonds. The summed E-state index contributed by atoms with van der Waals surface area (Å²) in [7, 11) is 0. The van der Waals surface area contributed by atoms with E-state index in [1.165, 1.54) is 11.2 Å². The van der Waals surface area contributed by atoms with Crippen molar-refractivity contribution in [2.45, 2.75) is 32.9 Å². The highest BCUT2D eigenvalue weighted by Gasteiger charge is 2.37. The number of carboxylic acid groups (broad SMARTS) is 1. The molecule has 0 saturated heterocycles. The number of H-pyrrole nitrogens is 2. The van der Waals surface area contributed by atoms with Crippen molar-refractivity contribution in [1.82, 2.24) is 25.1 Å². The normalized spacial score (nSPS) is 17.6. The van der Waals surface area contributed by atoms with E-state index in [2.05, 4.69) is 20.2 Å². The van der Waals surface area contributed by atoms with Gasteiger partial charge < -0.3 is 15.0 Å². The first kappa shape index (κ1) is 13.3. The Hall–Kier alpha value is -2.64. The van der Waals surface area contributed by atoms with Crippen LogP contribution in [0.25, 0.3) is 0 Å². The van der Waals surface area contributed by atoms with Crippen LogP contribution in [0.3, 0.4) is 0 Å². The second-order valence-electron chi connectivity index (χ2n) is 5.13. The molecule has 0 spiro atoms. The number of amides is 1. The molecule has 1 aliphatic rings. The van der Waals surface area contributed by atoms with E-state index in [1.807, 2.05) is 0 Å². The number of aromatic amines is 2. The van der Waals surface area contributed by atoms with Crippen LogP contribution in [0.4, 0.5) is 0 Å². The van der Waals surface area contributed by atoms with E-state index in [9.17, 15) is 14.7 Å². The van der Waals surface area contributed by atoms with E-state index in [4.69, 9.17) is 0 Å². The number of hydrogen-bond donors (Lipinski definition) is 3. The zero-order chi connectivity index (χ0) is 15.1. The molecule has 0 fully saturated rings. The zero-order valence-electron chi connectivity index (χ0n) is 11.7. The molecule has 2 aromatic heterocycles. The summed E-state index contributed by atoms with van der Waals surface area (Å²) in [6.07, 6.45) is 1.72. The van der Waals surface area contributed by atoms with Crippen LogP contribution in [-0.4, -0.2) is 48.1 Å². The predicted octanol–water partition coefficient (Wildman–Crippen LogP) is 0.401. The Bertz CT molecular complexity index is 698. The lowest BCUT2D eigenvalue weighted by molar-refractivity contribution is -0.142. The standard InChI is InChI=1S/C13H15N5O3/c1-6-11(7(2)17-16-6)12(19)18-4-9-8(14-5-15-9)3-10(18)13(20)21/h5,10H,3-4H2,1-2H3,(H,14,15)(H,16,17)(H,20,21). The van der Waals surface area contributed by atoms with Crippen molar-refractivity contribution in [2.75, 3.05) is 0 Å². The fraction of sp³-hybridized carbons (Fsp3) is 0.385. The van der Waals surface area contributed by atoms with Crippen molar-refractivity contribution in [3.8, 4) is 0 Å². The molecule has 3 rings (SSSR count). The lowest BCUT2D eigenvalue weighted by Gasteiger charge is -2.32. The van der Waals surface area contributed by atoms with Gasteiger partial charge in [-0.3, -0.25) is 9.89 Å². The summed E-state index contributed by atoms with van der Waals surface area (Å²) >= 11 is 0. The summed E-state index contributed by atoms with van der Waals surface area (Å²) in [5.41, 5.74) is 3.12. The van der Waals surface area contributed by atoms with E-state index < -0.39 is 12.0 Å². The number of hydrogen-bond acceptors (Lipinski definition) is 4. The van der Waals surface area contributed by atoms with Gasteiger partial charge in [-0.1, -0.05) is 0 Å². The number of aliphatic carboxylic acids is 1. The van der Waals surface area contributed by atoms with E-state index in [0.29, 0.717) is 22.6 Å². The average Bonchev–Trinajstić information content (AvgIpc) is 3.03. The summed E-state index contributed by atoms with van der Waals surface area (Å²) in [6, 6.07) is -0.915. The summed E-state index contributed by atoms with van der Waals surface area (Å²) < 4.78 is 0. The van der Waals surface area contributed by atoms with E-state index >= 15 is 0 Å². The Balaban J connectivity index is 2.00. The molecule has 3 heterocycles. The van der Waals surface area contributed by atoms with Crippen molar-refractivity contribution in [3.63, 3.8) is 0 Å². The number of fused-ring (bicyclic) bond motifs is 1. The van der Waals surface area contributed by atoms with Crippen LogP contribution < -0.4 is 0 Å². The molecule has 0 aliphatic carbocycles. The summed E-state index contributed by atoms with van der Waals surface area (Å²) in [4.78, 5) is 32.6. The van der Waals surface area contributed by atoms with E-state index in [0.717, 1.165) is 5.69 Å². The third-order valence-corrected chi connectivity index (χ3v) is 3.79. The second kappa shape index (κ2) is 4.72. The molecule has 3 N–H and O–H groups in total. The molecule has 2 aromatic rings. The first-order valence-electron chi connectivity index (χ1n) is 6.55. The quantitative estimate of drug-likeness (QED) is 0.740. The summed E-state index contributed by atoms with van der Waals surface area (Å²) in [5, 5.41) is 16.1. The molecule has 1 aliphatic heterocycles. The number of carbonyl (C=O) groups excluding carboxylic acids is 1. The van der Waals surface area contributed by atoms with Crippen LogP contribution in [0.1, 0.15) is 33.1 Å². The molecule has 8 heteroatoms. The van der Waals surface area contributed by atoms with Crippen molar-refractivity contribution in [3.05, 3.63) is 34.7 Å². The Labute approximate surface area is 120 Å². The maximum Gasteiger partial charge on any atom is 0.326 e. The average molecular weight is 289 g/mol. The molecule has 1 atom stereocenters. The number of nitrogens with one attached hydrogen (secondary N) is 2. The predicted molar refractivity (Wildman–Crippen MR) is 71.7 cm³/mol. The molecule has 0 aromatic carbocycles. The number of carbonyl (C=O) groups is 2. The SMILES string of the molecule is Cc1n[nH]c(C)c1C(=O)N1Cc2[nH]cnc2CC1C(=O)O. The Morgan fingerprint density at radius 3 is 2.81 bits per heavy atom. The molecule has 21 heavy (non-hydrogen) atoms. The van der Waals surface area contributed by atoms with Gasteiger partial charge in [0.2, 0.25) is 0 Å². The molecule has 0 saturated carbocycles. The van der Waals surface area contributed by atoms with Gasteiger partial charge in [-0.2, -0.15) is 5.10 Å². The van der Waals surface area contributed by atoms with Crippen molar-refractivity contribution < 1.29 is 14.7 Å². The molecule has 110 valence electrons. The topological polar surface area (TPSA) is 115 Å². The first-order chi connectivity index (χ1) is 9.99. The Morgan fingerprint density at radius 2 is 2.19 bits per heavy atom. The molecule has 0 radical (unpaired) electrons. The molecule has 8 nitrogen and oxygen atoms in total. The fourth-order valence-corrected chi connectivity index (χ4v) is 2.68. The lowest BCUT2D eigenvalue weighted by atomic mass is 10.0. The van der Waals surface area contributed by atoms with Crippen LogP contribution in [0.2, 0.25) is 0 Å². The number of carboxylic acids is 1. The zero-order valence-corrected chi connectivity index (χ0v) is 11.7. The van der Waals surface area contributed by atoms with Crippen molar-refractivity contribution in [2.24, 2.45) is 0 Å². The highest BCUT2D eigenvalue weighted by molar-refractivity contribution is 5.98. The smallest absolute Gasteiger partial charge is 0.326 e. The number of aryl methyl sites for hydroxylation is 2. The van der Waals surface area contributed by atoms with E-state index in [1.54, 1.807) is 13.8 Å². The molecular weight excluding hydrogens is 274 g/mol. The minimum absolute atomic E-state index is 0.204. The van der Waals surface area contributed by atoms with Gasteiger partial charge in [0.05, 0.1) is 35.5 Å². The van der Waals surface area contributed by atoms with E-state index in [-0.39, 0.29) is 18.9 Å². The van der Waals surface area contributed by atoms with Crippen molar-refractivity contribution >= 4 is 11.9 Å². The molecule has 0 bridgehead atoms. The maximum absolute atomic E-state index is 12.7. The third-order valence-electron chi connectivity index (χ3n) is 3.79. The molecular formula is C13H15N5O3. The van der Waals surface area contributed by atoms with Gasteiger partial charge >= 0.3 is 5.97 Å². The number of nitrogens with zero attached hydrogens (tertiary/aromatic N) is 3. The highest BCUT2D eigenvalue weighted by Crippen LogP contribution is 2.24. The van der Waals surface area contributed by atoms with Gasteiger partial charge in [-0.25, -0.2) is 9.78 Å². The second-order valence-corrected chi connectivity index (χ2v) is 5.13. The van der Waals surface area contributed by atoms with Gasteiger partial charge in [0.15, 0.2) is 0 Å². The minimum Gasteiger partial charge on any atom is -0.480 e. The van der Waals surface area contributed by atoms with Gasteiger partial charge in [0.25, 0.3) is 5.91 Å². The highest BCUT2D eigenvalue weighted by atomic mass is 16.4. The largest absolute Gasteiger partial charge is 0.480 e. The van der Waals surface area contributed by atoms with Crippen LogP contribution in [0, 0.1) is 13.8 Å². The van der Waals surface area contributed by atoms with Crippen LogP contribution in [0.15, 0.2) is 6.33 Å². The summed E-state index contributed by atoms with van der Waals surface area (Å²) in [6.45, 7) is 3.67. The van der Waals surface area contributed by atoms with Crippen LogP contribution in [0.5, 0.6) is 0 Å². The number of aromatic nitrogens is 4. The van der Waals surface area contributed by atoms with Gasteiger partial charge in [-0.05, 0) is 13.8 Å². The number of imidazole rings is 1. The number of rotatable bonds is 2. The Morgan fingerprint density at radius 1 is 1.43 bits per heavy atom. The fourth-order valence-electron chi connectivity index (χ4n) is 2.68. The van der Waals surface area contributed by atoms with Gasteiger partial charge in [0, 0.05) is 12.1 Å². The third kappa shape index (κ3) is 2.08. The Kier molecular flexibility index (Phi) is 3.00.